The molecule has 0 amide bonds. The number of hydrogen-bond donors (Lipinski definition) is 0. The molecule has 0 bridgehead atoms. The number of benzene rings is 1. The lowest BCUT2D eigenvalue weighted by Crippen LogP contribution is -1.95. The maximum absolute atomic E-state index is 11.1. The summed E-state index contributed by atoms with van der Waals surface area (Å²) in [6, 6.07) is 6.24. The minimum Gasteiger partial charge on any atom is -0.224 e. The third kappa shape index (κ3) is 2.31. The zero-order valence-electron chi connectivity index (χ0n) is 6.62. The van der Waals surface area contributed by atoms with E-state index in [1.54, 1.807) is 12.1 Å². The summed E-state index contributed by atoms with van der Waals surface area (Å²) in [5, 5.41) is 0. The number of halogens is 1. The molecule has 0 radical (unpaired) electrons. The lowest BCUT2D eigenvalue weighted by molar-refractivity contribution is 0.602. The molecule has 2 nitrogen and oxygen atoms in total. The Balaban J connectivity index is 3.14. The molecule has 0 saturated carbocycles. The average Bonchev–Trinajstić information content (AvgIpc) is 2.05. The van der Waals surface area contributed by atoms with Crippen molar-refractivity contribution >= 4 is 25.8 Å². The minimum atomic E-state index is -3.37. The van der Waals surface area contributed by atoms with Crippen molar-refractivity contribution in [2.24, 2.45) is 0 Å². The third-order valence-corrected chi connectivity index (χ3v) is 2.69. The summed E-state index contributed by atoms with van der Waals surface area (Å²) in [6.45, 7) is 0. The van der Waals surface area contributed by atoms with Gasteiger partial charge in [0, 0.05) is 12.1 Å². The fourth-order valence-corrected chi connectivity index (χ4v) is 1.46. The van der Waals surface area contributed by atoms with Gasteiger partial charge in [0.2, 0.25) is 0 Å². The van der Waals surface area contributed by atoms with Gasteiger partial charge in [-0.15, -0.1) is 0 Å². The van der Waals surface area contributed by atoms with Gasteiger partial charge in [0.1, 0.15) is 0 Å². The molecule has 0 N–H and O–H groups in total. The second-order valence-corrected chi connectivity index (χ2v) is 4.69. The summed E-state index contributed by atoms with van der Waals surface area (Å²) in [4.78, 5) is 0.195. The highest BCUT2D eigenvalue weighted by atomic mass is 79.9. The van der Waals surface area contributed by atoms with Crippen molar-refractivity contribution in [3.05, 3.63) is 28.7 Å². The van der Waals surface area contributed by atoms with Gasteiger partial charge in [0.15, 0.2) is 9.84 Å². The normalized spacial score (nSPS) is 12.6. The molecular formula is C7H7BrO2S. The Morgan fingerprint density at radius 2 is 1.91 bits per heavy atom. The molecule has 0 spiro atoms. The molecule has 1 aromatic carbocycles. The van der Waals surface area contributed by atoms with E-state index in [-0.39, 0.29) is 4.90 Å². The third-order valence-electron chi connectivity index (χ3n) is 1.17. The quantitative estimate of drug-likeness (QED) is 0.745. The van der Waals surface area contributed by atoms with Crippen molar-refractivity contribution in [3.8, 4) is 0 Å². The molecule has 0 heterocycles. The molecule has 11 heavy (non-hydrogen) atoms. The molecule has 0 aromatic heterocycles. The molecule has 0 atom stereocenters. The van der Waals surface area contributed by atoms with Crippen molar-refractivity contribution in [2.45, 2.75) is 4.90 Å². The van der Waals surface area contributed by atoms with E-state index in [2.05, 4.69) is 15.9 Å². The summed E-state index contributed by atoms with van der Waals surface area (Å²) in [5.41, 5.74) is 0. The van der Waals surface area contributed by atoms with Crippen LogP contribution in [0.3, 0.4) is 0 Å². The van der Waals surface area contributed by atoms with Crippen molar-refractivity contribution in [1.82, 2.24) is 0 Å². The van der Waals surface area contributed by atoms with Crippen LogP contribution in [0.2, 0.25) is 0 Å². The van der Waals surface area contributed by atoms with Gasteiger partial charge in [-0.1, -0.05) is 15.9 Å². The topological polar surface area (TPSA) is 34.1 Å². The molecule has 0 aliphatic rings. The first-order valence-electron chi connectivity index (χ1n) is 3.54. The fourth-order valence-electron chi connectivity index (χ4n) is 0.642. The van der Waals surface area contributed by atoms with E-state index in [0.29, 0.717) is 0 Å². The van der Waals surface area contributed by atoms with Crippen LogP contribution in [0.5, 0.6) is 0 Å². The second-order valence-electron chi connectivity index (χ2n) is 2.07. The molecule has 0 saturated heterocycles. The number of rotatable bonds is 1. The Labute approximate surface area is 75.7 Å². The van der Waals surface area contributed by atoms with Crippen LogP contribution in [0.15, 0.2) is 33.6 Å². The van der Waals surface area contributed by atoms with Crippen LogP contribution in [-0.4, -0.2) is 14.6 Å². The SMILES string of the molecule is [2H]CS(=O)(=O)c1ccc(Br)cc1. The van der Waals surface area contributed by atoms with Gasteiger partial charge in [-0.2, -0.15) is 0 Å². The van der Waals surface area contributed by atoms with Crippen LogP contribution in [0.1, 0.15) is 1.37 Å². The molecule has 1 aromatic rings. The maximum Gasteiger partial charge on any atom is 0.175 e. The van der Waals surface area contributed by atoms with Crippen molar-refractivity contribution in [1.29, 1.82) is 0 Å². The first-order chi connectivity index (χ1) is 5.56. The zero-order valence-corrected chi connectivity index (χ0v) is 8.02. The molecular weight excluding hydrogens is 228 g/mol. The molecule has 60 valence electrons. The molecule has 0 fully saturated rings. The summed E-state index contributed by atoms with van der Waals surface area (Å²) in [7, 11) is -3.37. The Bertz CT molecular complexity index is 357. The smallest absolute Gasteiger partial charge is 0.175 e. The van der Waals surface area contributed by atoms with Gasteiger partial charge in [0.05, 0.1) is 4.90 Å². The van der Waals surface area contributed by atoms with Crippen LogP contribution >= 0.6 is 15.9 Å². The van der Waals surface area contributed by atoms with Crippen LogP contribution in [-0.2, 0) is 9.84 Å². The van der Waals surface area contributed by atoms with Gasteiger partial charge in [0.25, 0.3) is 0 Å². The summed E-state index contributed by atoms with van der Waals surface area (Å²) in [6.07, 6.45) is -0.603. The van der Waals surface area contributed by atoms with E-state index >= 15 is 0 Å². The highest BCUT2D eigenvalue weighted by Gasteiger charge is 2.04. The van der Waals surface area contributed by atoms with Crippen LogP contribution in [0.25, 0.3) is 0 Å². The Hall–Kier alpha value is -0.350. The predicted molar refractivity (Wildman–Crippen MR) is 47.3 cm³/mol. The Morgan fingerprint density at radius 1 is 1.36 bits per heavy atom. The van der Waals surface area contributed by atoms with Gasteiger partial charge in [-0.3, -0.25) is 0 Å². The Kier molecular flexibility index (Phi) is 1.96. The van der Waals surface area contributed by atoms with E-state index < -0.39 is 16.1 Å². The summed E-state index contributed by atoms with van der Waals surface area (Å²) < 4.78 is 29.8. The standard InChI is InChI=1S/C7H7BrO2S/c1-11(9,10)7-4-2-6(8)3-5-7/h2-5H,1H3/i1D. The van der Waals surface area contributed by atoms with Crippen LogP contribution < -0.4 is 0 Å². The van der Waals surface area contributed by atoms with Crippen LogP contribution in [0, 0.1) is 0 Å². The highest BCUT2D eigenvalue weighted by Crippen LogP contribution is 2.13. The average molecular weight is 236 g/mol. The van der Waals surface area contributed by atoms with Crippen molar-refractivity contribution in [3.63, 3.8) is 0 Å². The molecule has 0 unspecified atom stereocenters. The van der Waals surface area contributed by atoms with E-state index in [1.807, 2.05) is 0 Å². The first-order valence-corrected chi connectivity index (χ1v) is 5.28. The monoisotopic (exact) mass is 235 g/mol. The van der Waals surface area contributed by atoms with Gasteiger partial charge in [-0.05, 0) is 24.3 Å². The van der Waals surface area contributed by atoms with E-state index in [1.165, 1.54) is 12.1 Å². The number of sulfone groups is 1. The van der Waals surface area contributed by atoms with Crippen LogP contribution in [0.4, 0.5) is 0 Å². The van der Waals surface area contributed by atoms with E-state index in [9.17, 15) is 8.42 Å². The Morgan fingerprint density at radius 3 is 2.36 bits per heavy atom. The maximum atomic E-state index is 11.1. The summed E-state index contributed by atoms with van der Waals surface area (Å²) >= 11 is 3.19. The lowest BCUT2D eigenvalue weighted by Gasteiger charge is -1.96. The van der Waals surface area contributed by atoms with Gasteiger partial charge < -0.3 is 0 Å². The fraction of sp³-hybridized carbons (Fsp3) is 0.143. The zero-order chi connectivity index (χ0) is 9.19. The molecule has 0 aliphatic heterocycles. The van der Waals surface area contributed by atoms with E-state index in [0.717, 1.165) is 4.47 Å². The summed E-state index contributed by atoms with van der Waals surface area (Å²) in [5.74, 6) is 0. The van der Waals surface area contributed by atoms with Gasteiger partial charge in [-0.25, -0.2) is 8.42 Å². The predicted octanol–water partition coefficient (Wildman–Crippen LogP) is 1.85. The largest absolute Gasteiger partial charge is 0.224 e. The molecule has 4 heteroatoms. The highest BCUT2D eigenvalue weighted by molar-refractivity contribution is 9.10. The molecule has 1 rings (SSSR count). The molecule has 0 aliphatic carbocycles. The van der Waals surface area contributed by atoms with Crippen molar-refractivity contribution in [2.75, 3.05) is 6.23 Å². The first kappa shape index (κ1) is 7.31. The van der Waals surface area contributed by atoms with Crippen molar-refractivity contribution < 1.29 is 9.79 Å². The second kappa shape index (κ2) is 2.95. The number of hydrogen-bond acceptors (Lipinski definition) is 2. The lowest BCUT2D eigenvalue weighted by atomic mass is 10.4. The minimum absolute atomic E-state index is 0.195. The van der Waals surface area contributed by atoms with E-state index in [4.69, 9.17) is 1.37 Å². The van der Waals surface area contributed by atoms with Gasteiger partial charge >= 0.3 is 0 Å².